The molecular formula is C20H20N2O4. The van der Waals surface area contributed by atoms with Crippen molar-refractivity contribution in [1.82, 2.24) is 10.5 Å². The SMILES string of the molecule is CCONC(=O)c1cc(-c2ccc(OC)cc2OC)nc2ccccc12. The summed E-state index contributed by atoms with van der Waals surface area (Å²) in [6.45, 7) is 2.19. The molecule has 0 spiro atoms. The predicted molar refractivity (Wildman–Crippen MR) is 99.4 cm³/mol. The van der Waals surface area contributed by atoms with Crippen LogP contribution in [0, 0.1) is 0 Å². The van der Waals surface area contributed by atoms with E-state index in [2.05, 4.69) is 5.48 Å². The minimum absolute atomic E-state index is 0.320. The van der Waals surface area contributed by atoms with E-state index >= 15 is 0 Å². The Hall–Kier alpha value is -3.12. The number of methoxy groups -OCH3 is 2. The average molecular weight is 352 g/mol. The number of benzene rings is 2. The summed E-state index contributed by atoms with van der Waals surface area (Å²) >= 11 is 0. The summed E-state index contributed by atoms with van der Waals surface area (Å²) < 4.78 is 10.7. The minimum atomic E-state index is -0.320. The molecule has 0 radical (unpaired) electrons. The molecular weight excluding hydrogens is 332 g/mol. The van der Waals surface area contributed by atoms with Crippen molar-refractivity contribution in [2.45, 2.75) is 6.92 Å². The molecule has 0 unspecified atom stereocenters. The van der Waals surface area contributed by atoms with Crippen LogP contribution < -0.4 is 15.0 Å². The molecule has 2 aromatic carbocycles. The summed E-state index contributed by atoms with van der Waals surface area (Å²) in [7, 11) is 3.18. The number of rotatable bonds is 6. The van der Waals surface area contributed by atoms with Gasteiger partial charge in [0.25, 0.3) is 5.91 Å². The predicted octanol–water partition coefficient (Wildman–Crippen LogP) is 3.60. The topological polar surface area (TPSA) is 69.7 Å². The molecule has 0 aliphatic carbocycles. The van der Waals surface area contributed by atoms with Gasteiger partial charge in [-0.25, -0.2) is 10.5 Å². The van der Waals surface area contributed by atoms with Gasteiger partial charge in [-0.05, 0) is 31.2 Å². The van der Waals surface area contributed by atoms with Gasteiger partial charge in [-0.2, -0.15) is 0 Å². The number of fused-ring (bicyclic) bond motifs is 1. The molecule has 1 heterocycles. The number of para-hydroxylation sites is 1. The number of hydrogen-bond acceptors (Lipinski definition) is 5. The van der Waals surface area contributed by atoms with Crippen molar-refractivity contribution in [2.24, 2.45) is 0 Å². The number of nitrogens with zero attached hydrogens (tertiary/aromatic N) is 1. The second kappa shape index (κ2) is 7.84. The molecule has 134 valence electrons. The highest BCUT2D eigenvalue weighted by Gasteiger charge is 2.16. The minimum Gasteiger partial charge on any atom is -0.497 e. The van der Waals surface area contributed by atoms with Gasteiger partial charge in [-0.15, -0.1) is 0 Å². The Balaban J connectivity index is 2.17. The number of amides is 1. The number of hydrogen-bond donors (Lipinski definition) is 1. The Morgan fingerprint density at radius 2 is 1.88 bits per heavy atom. The van der Waals surface area contributed by atoms with Crippen molar-refractivity contribution in [3.05, 3.63) is 54.1 Å². The van der Waals surface area contributed by atoms with E-state index in [-0.39, 0.29) is 5.91 Å². The van der Waals surface area contributed by atoms with Gasteiger partial charge in [0.15, 0.2) is 0 Å². The highest BCUT2D eigenvalue weighted by molar-refractivity contribution is 6.06. The van der Waals surface area contributed by atoms with Crippen LogP contribution >= 0.6 is 0 Å². The first-order valence-electron chi connectivity index (χ1n) is 8.22. The van der Waals surface area contributed by atoms with E-state index < -0.39 is 0 Å². The van der Waals surface area contributed by atoms with Crippen LogP contribution in [0.3, 0.4) is 0 Å². The van der Waals surface area contributed by atoms with Crippen molar-refractivity contribution >= 4 is 16.8 Å². The third kappa shape index (κ3) is 3.45. The number of nitrogens with one attached hydrogen (secondary N) is 1. The maximum atomic E-state index is 12.5. The van der Waals surface area contributed by atoms with E-state index in [0.717, 1.165) is 10.9 Å². The number of ether oxygens (including phenoxy) is 2. The summed E-state index contributed by atoms with van der Waals surface area (Å²) in [5.74, 6) is 0.975. The molecule has 3 rings (SSSR count). The molecule has 0 aliphatic heterocycles. The number of carbonyl (C=O) groups excluding carboxylic acids is 1. The van der Waals surface area contributed by atoms with Crippen LogP contribution in [0.15, 0.2) is 48.5 Å². The van der Waals surface area contributed by atoms with Crippen LogP contribution in [0.1, 0.15) is 17.3 Å². The molecule has 0 atom stereocenters. The molecule has 0 fully saturated rings. The third-order valence-corrected chi connectivity index (χ3v) is 3.95. The summed E-state index contributed by atoms with van der Waals surface area (Å²) in [6, 6.07) is 14.7. The summed E-state index contributed by atoms with van der Waals surface area (Å²) in [5, 5.41) is 0.751. The lowest BCUT2D eigenvalue weighted by atomic mass is 10.0. The van der Waals surface area contributed by atoms with Gasteiger partial charge in [0.1, 0.15) is 11.5 Å². The van der Waals surface area contributed by atoms with Gasteiger partial charge in [-0.3, -0.25) is 9.63 Å². The zero-order valence-corrected chi connectivity index (χ0v) is 14.9. The van der Waals surface area contributed by atoms with Crippen LogP contribution in [0.25, 0.3) is 22.2 Å². The molecule has 6 heteroatoms. The lowest BCUT2D eigenvalue weighted by Gasteiger charge is -2.13. The molecule has 0 bridgehead atoms. The quantitative estimate of drug-likeness (QED) is 0.687. The van der Waals surface area contributed by atoms with Crippen LogP contribution in [0.5, 0.6) is 11.5 Å². The molecule has 3 aromatic rings. The second-order valence-electron chi connectivity index (χ2n) is 5.50. The second-order valence-corrected chi connectivity index (χ2v) is 5.50. The van der Waals surface area contributed by atoms with E-state index in [0.29, 0.717) is 34.9 Å². The highest BCUT2D eigenvalue weighted by Crippen LogP contribution is 2.34. The fourth-order valence-electron chi connectivity index (χ4n) is 2.70. The first-order valence-corrected chi connectivity index (χ1v) is 8.22. The van der Waals surface area contributed by atoms with Crippen LogP contribution in [-0.2, 0) is 4.84 Å². The summed E-state index contributed by atoms with van der Waals surface area (Å²) in [5.41, 5.74) is 5.04. The van der Waals surface area contributed by atoms with Crippen LogP contribution in [0.4, 0.5) is 0 Å². The molecule has 1 N–H and O–H groups in total. The molecule has 1 amide bonds. The first kappa shape index (κ1) is 17.7. The standard InChI is InChI=1S/C20H20N2O4/c1-4-26-22-20(23)16-12-18(21-17-8-6-5-7-14(16)17)15-10-9-13(24-2)11-19(15)25-3/h5-12H,4H2,1-3H3,(H,22,23). The smallest absolute Gasteiger partial charge is 0.275 e. The van der Waals surface area contributed by atoms with Crippen molar-refractivity contribution in [2.75, 3.05) is 20.8 Å². The lowest BCUT2D eigenvalue weighted by molar-refractivity contribution is 0.0366. The molecule has 0 saturated carbocycles. The van der Waals surface area contributed by atoms with E-state index in [9.17, 15) is 4.79 Å². The van der Waals surface area contributed by atoms with Gasteiger partial charge < -0.3 is 9.47 Å². The van der Waals surface area contributed by atoms with Gasteiger partial charge in [-0.1, -0.05) is 18.2 Å². The lowest BCUT2D eigenvalue weighted by Crippen LogP contribution is -2.24. The molecule has 6 nitrogen and oxygen atoms in total. The zero-order chi connectivity index (χ0) is 18.5. The number of pyridine rings is 1. The molecule has 1 aromatic heterocycles. The van der Waals surface area contributed by atoms with Crippen molar-refractivity contribution in [1.29, 1.82) is 0 Å². The summed E-state index contributed by atoms with van der Waals surface area (Å²) in [6.07, 6.45) is 0. The van der Waals surface area contributed by atoms with E-state index in [1.807, 2.05) is 36.4 Å². The van der Waals surface area contributed by atoms with Gasteiger partial charge >= 0.3 is 0 Å². The average Bonchev–Trinajstić information content (AvgIpc) is 2.70. The maximum absolute atomic E-state index is 12.5. The Labute approximate surface area is 151 Å². The Kier molecular flexibility index (Phi) is 5.34. The fourth-order valence-corrected chi connectivity index (χ4v) is 2.70. The van der Waals surface area contributed by atoms with Crippen LogP contribution in [-0.4, -0.2) is 31.7 Å². The largest absolute Gasteiger partial charge is 0.497 e. The van der Waals surface area contributed by atoms with Gasteiger partial charge in [0, 0.05) is 17.0 Å². The van der Waals surface area contributed by atoms with Crippen LogP contribution in [0.2, 0.25) is 0 Å². The molecule has 0 saturated heterocycles. The fraction of sp³-hybridized carbons (Fsp3) is 0.200. The summed E-state index contributed by atoms with van der Waals surface area (Å²) in [4.78, 5) is 22.3. The Bertz CT molecular complexity index is 940. The van der Waals surface area contributed by atoms with Gasteiger partial charge in [0.2, 0.25) is 0 Å². The maximum Gasteiger partial charge on any atom is 0.275 e. The highest BCUT2D eigenvalue weighted by atomic mass is 16.6. The monoisotopic (exact) mass is 352 g/mol. The van der Waals surface area contributed by atoms with E-state index in [1.165, 1.54) is 0 Å². The number of aromatic nitrogens is 1. The first-order chi connectivity index (χ1) is 12.7. The molecule has 26 heavy (non-hydrogen) atoms. The van der Waals surface area contributed by atoms with E-state index in [1.54, 1.807) is 33.3 Å². The van der Waals surface area contributed by atoms with E-state index in [4.69, 9.17) is 19.3 Å². The normalized spacial score (nSPS) is 10.6. The Morgan fingerprint density at radius 3 is 2.62 bits per heavy atom. The zero-order valence-electron chi connectivity index (χ0n) is 14.9. The van der Waals surface area contributed by atoms with Gasteiger partial charge in [0.05, 0.1) is 37.6 Å². The Morgan fingerprint density at radius 1 is 1.08 bits per heavy atom. The molecule has 0 aliphatic rings. The van der Waals surface area contributed by atoms with Crippen molar-refractivity contribution < 1.29 is 19.1 Å². The number of hydroxylamine groups is 1. The van der Waals surface area contributed by atoms with Crippen molar-refractivity contribution in [3.63, 3.8) is 0 Å². The van der Waals surface area contributed by atoms with Crippen molar-refractivity contribution in [3.8, 4) is 22.8 Å². The third-order valence-electron chi connectivity index (χ3n) is 3.95. The number of carbonyl (C=O) groups is 1.